The van der Waals surface area contributed by atoms with Gasteiger partial charge in [0.05, 0.1) is 24.0 Å². The summed E-state index contributed by atoms with van der Waals surface area (Å²) in [6.45, 7) is 8.76. The summed E-state index contributed by atoms with van der Waals surface area (Å²) in [5.41, 5.74) is 1.81. The minimum atomic E-state index is -0.216. The number of amides is 2. The van der Waals surface area contributed by atoms with Gasteiger partial charge in [0.15, 0.2) is 0 Å². The Hall–Kier alpha value is -1.82. The van der Waals surface area contributed by atoms with Crippen molar-refractivity contribution in [1.29, 1.82) is 0 Å². The number of aryl methyl sites for hydroxylation is 1. The maximum Gasteiger partial charge on any atom is 0.319 e. The van der Waals surface area contributed by atoms with Crippen LogP contribution in [0.25, 0.3) is 0 Å². The number of nitrogens with one attached hydrogen (secondary N) is 2. The van der Waals surface area contributed by atoms with E-state index in [0.717, 1.165) is 0 Å². The summed E-state index contributed by atoms with van der Waals surface area (Å²) in [4.78, 5) is 13.0. The molecule has 108 valence electrons. The summed E-state index contributed by atoms with van der Waals surface area (Å²) in [5, 5.41) is 11.9. The standard InChI is InChI=1S/C14H20N4OS/c1-10-5-6-20-12(10)8-15-13(19)17-11-7-16-18(9-11)14(2,3)4/h5-7,9H,8H2,1-4H3,(H2,15,17,19). The van der Waals surface area contributed by atoms with Crippen LogP contribution in [-0.4, -0.2) is 15.8 Å². The second-order valence-electron chi connectivity index (χ2n) is 5.68. The zero-order chi connectivity index (χ0) is 14.8. The van der Waals surface area contributed by atoms with Gasteiger partial charge in [-0.15, -0.1) is 11.3 Å². The van der Waals surface area contributed by atoms with Gasteiger partial charge in [0.2, 0.25) is 0 Å². The first-order valence-electron chi connectivity index (χ1n) is 6.49. The van der Waals surface area contributed by atoms with Crippen molar-refractivity contribution in [2.75, 3.05) is 5.32 Å². The van der Waals surface area contributed by atoms with Crippen molar-refractivity contribution in [1.82, 2.24) is 15.1 Å². The highest BCUT2D eigenvalue weighted by molar-refractivity contribution is 7.10. The fourth-order valence-electron chi connectivity index (χ4n) is 1.68. The molecule has 20 heavy (non-hydrogen) atoms. The van der Waals surface area contributed by atoms with Gasteiger partial charge in [-0.2, -0.15) is 5.10 Å². The number of nitrogens with zero attached hydrogens (tertiary/aromatic N) is 2. The number of anilines is 1. The van der Waals surface area contributed by atoms with Gasteiger partial charge in [0.1, 0.15) is 0 Å². The van der Waals surface area contributed by atoms with Gasteiger partial charge in [-0.1, -0.05) is 0 Å². The molecule has 0 aliphatic rings. The Kier molecular flexibility index (Phi) is 4.13. The highest BCUT2D eigenvalue weighted by Gasteiger charge is 2.14. The predicted octanol–water partition coefficient (Wildman–Crippen LogP) is 3.33. The molecule has 0 atom stereocenters. The molecule has 0 unspecified atom stereocenters. The molecule has 0 saturated heterocycles. The third-order valence-corrected chi connectivity index (χ3v) is 3.93. The zero-order valence-corrected chi connectivity index (χ0v) is 13.0. The number of aromatic nitrogens is 2. The number of carbonyl (C=O) groups excluding carboxylic acids is 1. The van der Waals surface area contributed by atoms with Crippen LogP contribution in [0.15, 0.2) is 23.8 Å². The minimum absolute atomic E-state index is 0.0928. The predicted molar refractivity (Wildman–Crippen MR) is 82.1 cm³/mol. The Morgan fingerprint density at radius 2 is 2.20 bits per heavy atom. The van der Waals surface area contributed by atoms with Gasteiger partial charge in [-0.25, -0.2) is 4.79 Å². The second-order valence-corrected chi connectivity index (χ2v) is 6.68. The molecule has 0 spiro atoms. The lowest BCUT2D eigenvalue weighted by Gasteiger charge is -2.18. The zero-order valence-electron chi connectivity index (χ0n) is 12.2. The van der Waals surface area contributed by atoms with Crippen LogP contribution < -0.4 is 10.6 Å². The number of carbonyl (C=O) groups is 1. The van der Waals surface area contributed by atoms with Crippen LogP contribution in [0, 0.1) is 6.92 Å². The molecule has 6 heteroatoms. The van der Waals surface area contributed by atoms with E-state index in [9.17, 15) is 4.79 Å². The summed E-state index contributed by atoms with van der Waals surface area (Å²) in [7, 11) is 0. The van der Waals surface area contributed by atoms with Crippen LogP contribution in [0.3, 0.4) is 0 Å². The van der Waals surface area contributed by atoms with Gasteiger partial charge >= 0.3 is 6.03 Å². The van der Waals surface area contributed by atoms with E-state index >= 15 is 0 Å². The third-order valence-electron chi connectivity index (χ3n) is 2.91. The molecule has 0 radical (unpaired) electrons. The monoisotopic (exact) mass is 292 g/mol. The molecule has 2 aromatic rings. The fraction of sp³-hybridized carbons (Fsp3) is 0.429. The maximum absolute atomic E-state index is 11.8. The van der Waals surface area contributed by atoms with Crippen molar-refractivity contribution in [3.05, 3.63) is 34.3 Å². The van der Waals surface area contributed by atoms with Crippen LogP contribution in [0.4, 0.5) is 10.5 Å². The third kappa shape index (κ3) is 3.60. The van der Waals surface area contributed by atoms with Crippen molar-refractivity contribution in [3.8, 4) is 0 Å². The molecule has 2 amide bonds. The highest BCUT2D eigenvalue weighted by Crippen LogP contribution is 2.16. The van der Waals surface area contributed by atoms with E-state index in [0.29, 0.717) is 12.2 Å². The highest BCUT2D eigenvalue weighted by atomic mass is 32.1. The van der Waals surface area contributed by atoms with E-state index < -0.39 is 0 Å². The average Bonchev–Trinajstić information content (AvgIpc) is 2.95. The molecule has 2 heterocycles. The second kappa shape index (κ2) is 5.66. The van der Waals surface area contributed by atoms with Gasteiger partial charge < -0.3 is 10.6 Å². The molecule has 2 N–H and O–H groups in total. The van der Waals surface area contributed by atoms with Crippen LogP contribution in [0.1, 0.15) is 31.2 Å². The SMILES string of the molecule is Cc1ccsc1CNC(=O)Nc1cnn(C(C)(C)C)c1. The topological polar surface area (TPSA) is 59.0 Å². The number of hydrogen-bond donors (Lipinski definition) is 2. The first kappa shape index (κ1) is 14.6. The molecular weight excluding hydrogens is 272 g/mol. The van der Waals surface area contributed by atoms with Crippen molar-refractivity contribution in [3.63, 3.8) is 0 Å². The lowest BCUT2D eigenvalue weighted by molar-refractivity contribution is 0.252. The molecule has 0 bridgehead atoms. The molecule has 2 aromatic heterocycles. The van der Waals surface area contributed by atoms with Crippen LogP contribution in [0.2, 0.25) is 0 Å². The maximum atomic E-state index is 11.8. The summed E-state index contributed by atoms with van der Waals surface area (Å²) in [5.74, 6) is 0. The summed E-state index contributed by atoms with van der Waals surface area (Å²) in [6, 6.07) is 1.83. The summed E-state index contributed by atoms with van der Waals surface area (Å²) >= 11 is 1.65. The van der Waals surface area contributed by atoms with Gasteiger partial charge in [0.25, 0.3) is 0 Å². The van der Waals surface area contributed by atoms with E-state index in [4.69, 9.17) is 0 Å². The smallest absolute Gasteiger partial charge is 0.319 e. The molecule has 0 saturated carbocycles. The molecule has 0 aliphatic heterocycles. The molecule has 2 rings (SSSR count). The number of hydrogen-bond acceptors (Lipinski definition) is 3. The van der Waals surface area contributed by atoms with E-state index in [1.54, 1.807) is 17.5 Å². The summed E-state index contributed by atoms with van der Waals surface area (Å²) in [6.07, 6.45) is 3.48. The largest absolute Gasteiger partial charge is 0.333 e. The number of thiophene rings is 1. The van der Waals surface area contributed by atoms with E-state index in [-0.39, 0.29) is 11.6 Å². The molecule has 0 fully saturated rings. The van der Waals surface area contributed by atoms with E-state index in [1.807, 2.05) is 29.2 Å². The molecule has 5 nitrogen and oxygen atoms in total. The van der Waals surface area contributed by atoms with Gasteiger partial charge in [0, 0.05) is 11.1 Å². The molecule has 0 aromatic carbocycles. The van der Waals surface area contributed by atoms with Gasteiger partial charge in [-0.05, 0) is 44.7 Å². The Morgan fingerprint density at radius 3 is 2.75 bits per heavy atom. The molecule has 0 aliphatic carbocycles. The van der Waals surface area contributed by atoms with E-state index in [2.05, 4.69) is 36.5 Å². The Balaban J connectivity index is 1.89. The Bertz CT molecular complexity index is 594. The first-order chi connectivity index (χ1) is 9.36. The average molecular weight is 292 g/mol. The first-order valence-corrected chi connectivity index (χ1v) is 7.37. The fourth-order valence-corrected chi connectivity index (χ4v) is 2.52. The van der Waals surface area contributed by atoms with E-state index in [1.165, 1.54) is 10.4 Å². The van der Waals surface area contributed by atoms with Crippen LogP contribution in [0.5, 0.6) is 0 Å². The lowest BCUT2D eigenvalue weighted by Crippen LogP contribution is -2.28. The molecular formula is C14H20N4OS. The van der Waals surface area contributed by atoms with Crippen LogP contribution >= 0.6 is 11.3 Å². The van der Waals surface area contributed by atoms with Crippen molar-refractivity contribution >= 4 is 23.1 Å². The van der Waals surface area contributed by atoms with Gasteiger partial charge in [-0.3, -0.25) is 4.68 Å². The normalized spacial score (nSPS) is 11.4. The van der Waals surface area contributed by atoms with Crippen LogP contribution in [-0.2, 0) is 12.1 Å². The Morgan fingerprint density at radius 1 is 1.45 bits per heavy atom. The number of urea groups is 1. The Labute approximate surface area is 123 Å². The lowest BCUT2D eigenvalue weighted by atomic mass is 10.1. The minimum Gasteiger partial charge on any atom is -0.333 e. The quantitative estimate of drug-likeness (QED) is 0.911. The van der Waals surface area contributed by atoms with Crippen molar-refractivity contribution in [2.45, 2.75) is 39.8 Å². The number of rotatable bonds is 3. The van der Waals surface area contributed by atoms with Crippen molar-refractivity contribution in [2.24, 2.45) is 0 Å². The summed E-state index contributed by atoms with van der Waals surface area (Å²) < 4.78 is 1.83. The van der Waals surface area contributed by atoms with Crippen molar-refractivity contribution < 1.29 is 4.79 Å².